The number of nitrogens with zero attached hydrogens (tertiary/aromatic N) is 1. The van der Waals surface area contributed by atoms with E-state index in [0.29, 0.717) is 16.1 Å². The third-order valence-electron chi connectivity index (χ3n) is 2.48. The minimum absolute atomic E-state index is 0.501. The number of thiol groups is 1. The number of rotatable bonds is 2. The first-order chi connectivity index (χ1) is 7.65. The Balaban J connectivity index is 2.39. The molecule has 0 spiro atoms. The number of thiocarbonyl (C=S) groups is 1. The van der Waals surface area contributed by atoms with E-state index in [1.54, 1.807) is 18.0 Å². The Labute approximate surface area is 111 Å². The molecule has 1 aromatic heterocycles. The van der Waals surface area contributed by atoms with Gasteiger partial charge in [0.2, 0.25) is 0 Å². The Morgan fingerprint density at radius 2 is 2.50 bits per heavy atom. The molecule has 1 aliphatic rings. The molecule has 0 radical (unpaired) electrons. The molecule has 1 saturated heterocycles. The fourth-order valence-corrected chi connectivity index (χ4v) is 3.58. The van der Waals surface area contributed by atoms with Crippen LogP contribution in [0.3, 0.4) is 0 Å². The first kappa shape index (κ1) is 12.4. The molecule has 1 fully saturated rings. The van der Waals surface area contributed by atoms with Crippen molar-refractivity contribution in [3.05, 3.63) is 30.1 Å². The van der Waals surface area contributed by atoms with Crippen LogP contribution in [0.1, 0.15) is 19.0 Å². The zero-order chi connectivity index (χ0) is 11.6. The summed E-state index contributed by atoms with van der Waals surface area (Å²) in [6, 6.07) is 5.77. The maximum Gasteiger partial charge on any atom is 0.197 e. The summed E-state index contributed by atoms with van der Waals surface area (Å²) in [4.78, 5) is 3.69. The number of hydrogen-bond donors (Lipinski definition) is 1. The largest absolute Gasteiger partial charge is 0.353 e. The Kier molecular flexibility index (Phi) is 3.89. The minimum Gasteiger partial charge on any atom is -0.353 e. The molecular weight excluding hydrogens is 258 g/mol. The molecule has 2 unspecified atom stereocenters. The minimum atomic E-state index is -0.655. The van der Waals surface area contributed by atoms with Crippen molar-refractivity contribution in [1.82, 2.24) is 4.98 Å². The highest BCUT2D eigenvalue weighted by molar-refractivity contribution is 8.15. The van der Waals surface area contributed by atoms with Gasteiger partial charge in [-0.15, -0.1) is 24.4 Å². The molecule has 0 bridgehead atoms. The van der Waals surface area contributed by atoms with Gasteiger partial charge in [-0.2, -0.15) is 0 Å². The zero-order valence-electron chi connectivity index (χ0n) is 8.92. The molecule has 2 nitrogen and oxygen atoms in total. The van der Waals surface area contributed by atoms with Crippen LogP contribution in [0.4, 0.5) is 0 Å². The smallest absolute Gasteiger partial charge is 0.197 e. The quantitative estimate of drug-likeness (QED) is 0.659. The molecule has 2 rings (SSSR count). The second kappa shape index (κ2) is 5.04. The summed E-state index contributed by atoms with van der Waals surface area (Å²) in [7, 11) is 0. The standard InChI is InChI=1S/C11H13NOS3/c1-8-5-7-13-11(16-8,10(14)15)9-4-2-3-6-12-9/h2-4,6,8H,5,7H2,1H3,(H,14,15). The molecule has 86 valence electrons. The van der Waals surface area contributed by atoms with E-state index in [-0.39, 0.29) is 0 Å². The predicted molar refractivity (Wildman–Crippen MR) is 75.1 cm³/mol. The van der Waals surface area contributed by atoms with Gasteiger partial charge in [-0.05, 0) is 18.6 Å². The number of aromatic nitrogens is 1. The van der Waals surface area contributed by atoms with E-state index in [9.17, 15) is 0 Å². The van der Waals surface area contributed by atoms with Crippen LogP contribution in [-0.4, -0.2) is 21.0 Å². The molecule has 2 heterocycles. The summed E-state index contributed by atoms with van der Waals surface area (Å²) in [5.74, 6) is 0. The Hall–Kier alpha value is -0.100. The number of hydrogen-bond acceptors (Lipinski definition) is 4. The monoisotopic (exact) mass is 271 g/mol. The Bertz CT molecular complexity index is 384. The van der Waals surface area contributed by atoms with E-state index in [0.717, 1.165) is 12.1 Å². The molecule has 0 amide bonds. The average molecular weight is 271 g/mol. The van der Waals surface area contributed by atoms with Gasteiger partial charge < -0.3 is 4.74 Å². The maximum absolute atomic E-state index is 5.87. The summed E-state index contributed by atoms with van der Waals surface area (Å²) in [6.07, 6.45) is 2.79. The van der Waals surface area contributed by atoms with Crippen molar-refractivity contribution < 1.29 is 4.74 Å². The van der Waals surface area contributed by atoms with Gasteiger partial charge in [0.15, 0.2) is 4.93 Å². The van der Waals surface area contributed by atoms with Crippen molar-refractivity contribution in [2.75, 3.05) is 6.61 Å². The fourth-order valence-electron chi connectivity index (χ4n) is 1.66. The van der Waals surface area contributed by atoms with E-state index >= 15 is 0 Å². The van der Waals surface area contributed by atoms with Gasteiger partial charge in [-0.3, -0.25) is 4.98 Å². The van der Waals surface area contributed by atoms with Gasteiger partial charge in [0.25, 0.3) is 0 Å². The van der Waals surface area contributed by atoms with Crippen molar-refractivity contribution in [1.29, 1.82) is 0 Å². The predicted octanol–water partition coefficient (Wildman–Crippen LogP) is 3.03. The van der Waals surface area contributed by atoms with E-state index in [4.69, 9.17) is 17.0 Å². The first-order valence-electron chi connectivity index (χ1n) is 5.12. The molecule has 0 aliphatic carbocycles. The van der Waals surface area contributed by atoms with Gasteiger partial charge in [0, 0.05) is 11.4 Å². The maximum atomic E-state index is 5.87. The lowest BCUT2D eigenvalue weighted by atomic mass is 10.2. The van der Waals surface area contributed by atoms with Crippen molar-refractivity contribution in [2.45, 2.75) is 23.5 Å². The normalized spacial score (nSPS) is 30.0. The number of ether oxygens (including phenoxy) is 1. The lowest BCUT2D eigenvalue weighted by Crippen LogP contribution is -2.38. The SMILES string of the molecule is CC1CCOC(C(=S)S)(c2ccccn2)S1. The van der Waals surface area contributed by atoms with Crippen LogP contribution in [0.2, 0.25) is 0 Å². The van der Waals surface area contributed by atoms with Gasteiger partial charge in [-0.25, -0.2) is 0 Å². The summed E-state index contributed by atoms with van der Waals surface area (Å²) in [5, 5.41) is 0.501. The number of pyridine rings is 1. The third-order valence-corrected chi connectivity index (χ3v) is 4.86. The molecule has 16 heavy (non-hydrogen) atoms. The van der Waals surface area contributed by atoms with Crippen molar-refractivity contribution in [3.8, 4) is 0 Å². The summed E-state index contributed by atoms with van der Waals surface area (Å²) in [6.45, 7) is 2.88. The lowest BCUT2D eigenvalue weighted by Gasteiger charge is -2.37. The molecule has 0 N–H and O–H groups in total. The van der Waals surface area contributed by atoms with E-state index in [1.807, 2.05) is 18.2 Å². The van der Waals surface area contributed by atoms with Gasteiger partial charge >= 0.3 is 0 Å². The molecular formula is C11H13NOS3. The molecule has 1 aliphatic heterocycles. The van der Waals surface area contributed by atoms with Crippen LogP contribution >= 0.6 is 36.6 Å². The Morgan fingerprint density at radius 1 is 1.69 bits per heavy atom. The zero-order valence-corrected chi connectivity index (χ0v) is 11.4. The molecule has 0 aromatic carbocycles. The van der Waals surface area contributed by atoms with E-state index < -0.39 is 4.93 Å². The molecule has 2 atom stereocenters. The van der Waals surface area contributed by atoms with Crippen LogP contribution < -0.4 is 0 Å². The van der Waals surface area contributed by atoms with Crippen LogP contribution in [0, 0.1) is 0 Å². The second-order valence-electron chi connectivity index (χ2n) is 3.70. The van der Waals surface area contributed by atoms with Crippen molar-refractivity contribution in [3.63, 3.8) is 0 Å². The fraction of sp³-hybridized carbons (Fsp3) is 0.455. The highest BCUT2D eigenvalue weighted by Gasteiger charge is 2.42. The van der Waals surface area contributed by atoms with Crippen LogP contribution in [0.25, 0.3) is 0 Å². The van der Waals surface area contributed by atoms with E-state index in [1.165, 1.54) is 0 Å². The number of thioether (sulfide) groups is 1. The molecule has 1 aromatic rings. The van der Waals surface area contributed by atoms with Crippen molar-refractivity contribution in [2.24, 2.45) is 0 Å². The third kappa shape index (κ3) is 2.27. The summed E-state index contributed by atoms with van der Waals surface area (Å²) in [5.41, 5.74) is 0.839. The highest BCUT2D eigenvalue weighted by Crippen LogP contribution is 2.45. The second-order valence-corrected chi connectivity index (χ2v) is 6.48. The molecule has 5 heteroatoms. The average Bonchev–Trinajstić information content (AvgIpc) is 2.30. The summed E-state index contributed by atoms with van der Waals surface area (Å²) < 4.78 is 6.41. The lowest BCUT2D eigenvalue weighted by molar-refractivity contribution is 0.0612. The Morgan fingerprint density at radius 3 is 3.06 bits per heavy atom. The van der Waals surface area contributed by atoms with Gasteiger partial charge in [-0.1, -0.05) is 25.2 Å². The molecule has 0 saturated carbocycles. The van der Waals surface area contributed by atoms with Gasteiger partial charge in [0.1, 0.15) is 0 Å². The van der Waals surface area contributed by atoms with Crippen LogP contribution in [0.5, 0.6) is 0 Å². The summed E-state index contributed by atoms with van der Waals surface area (Å²) >= 11 is 11.3. The highest BCUT2D eigenvalue weighted by atomic mass is 32.2. The van der Waals surface area contributed by atoms with E-state index in [2.05, 4.69) is 24.5 Å². The first-order valence-corrected chi connectivity index (χ1v) is 6.85. The topological polar surface area (TPSA) is 22.1 Å². The van der Waals surface area contributed by atoms with Crippen LogP contribution in [-0.2, 0) is 9.67 Å². The van der Waals surface area contributed by atoms with Crippen molar-refractivity contribution >= 4 is 40.8 Å². The van der Waals surface area contributed by atoms with Gasteiger partial charge in [0.05, 0.1) is 16.5 Å². The van der Waals surface area contributed by atoms with Crippen LogP contribution in [0.15, 0.2) is 24.4 Å².